The van der Waals surface area contributed by atoms with Crippen molar-refractivity contribution in [1.29, 1.82) is 0 Å². The lowest BCUT2D eigenvalue weighted by Crippen LogP contribution is -2.61. The van der Waals surface area contributed by atoms with Crippen LogP contribution in [-0.2, 0) is 14.2 Å². The third-order valence-corrected chi connectivity index (χ3v) is 7.37. The largest absolute Gasteiger partial charge is 0.508 e. The molecule has 0 unspecified atom stereocenters. The molecule has 2 aliphatic rings. The van der Waals surface area contributed by atoms with Gasteiger partial charge in [0.25, 0.3) is 0 Å². The first-order chi connectivity index (χ1) is 18.9. The van der Waals surface area contributed by atoms with Gasteiger partial charge in [0, 0.05) is 17.7 Å². The summed E-state index contributed by atoms with van der Waals surface area (Å²) in [7, 11) is 0. The van der Waals surface area contributed by atoms with Crippen LogP contribution in [-0.4, -0.2) is 96.0 Å². The number of fused-ring (bicyclic) bond motifs is 1. The third kappa shape index (κ3) is 4.80. The van der Waals surface area contributed by atoms with Crippen LogP contribution in [0.1, 0.15) is 25.5 Å². The molecule has 5 rings (SSSR count). The van der Waals surface area contributed by atoms with Gasteiger partial charge in [0.05, 0.1) is 17.8 Å². The Kier molecular flexibility index (Phi) is 7.50. The fraction of sp³-hybridized carbons (Fsp3) is 0.444. The lowest BCUT2D eigenvalue weighted by molar-refractivity contribution is -0.336. The molecule has 216 valence electrons. The Morgan fingerprint density at radius 3 is 2.08 bits per heavy atom. The highest BCUT2D eigenvalue weighted by atomic mass is 16.7. The second-order valence-electron chi connectivity index (χ2n) is 10.1. The Bertz CT molecular complexity index is 1440. The van der Waals surface area contributed by atoms with E-state index in [1.807, 2.05) is 0 Å². The topological polar surface area (TPSA) is 220 Å². The first-order valence-corrected chi connectivity index (χ1v) is 12.6. The molecule has 0 spiro atoms. The van der Waals surface area contributed by atoms with E-state index in [4.69, 9.17) is 18.6 Å². The van der Waals surface area contributed by atoms with E-state index in [2.05, 4.69) is 0 Å². The summed E-state index contributed by atoms with van der Waals surface area (Å²) in [6, 6.07) is 8.01. The number of hydrogen-bond acceptors (Lipinski definition) is 13. The van der Waals surface area contributed by atoms with E-state index in [9.17, 15) is 45.6 Å². The van der Waals surface area contributed by atoms with Crippen LogP contribution < -0.4 is 5.43 Å². The first-order valence-electron chi connectivity index (χ1n) is 12.6. The smallest absolute Gasteiger partial charge is 0.197 e. The first kappa shape index (κ1) is 28.3. The SMILES string of the molecule is C[C@@H]1O[C@@H](O[C@@H]2[C@H](O)[C@H](O)[C@H](C)O[C@@H]2c2c(O)cc3oc(-c4ccc(O)cc4)cc(=O)c3c2O)[C@H](O)[C@H](O)[C@H]1O. The number of aliphatic hydroxyl groups is 5. The molecule has 0 amide bonds. The summed E-state index contributed by atoms with van der Waals surface area (Å²) in [5.41, 5.74) is -0.767. The van der Waals surface area contributed by atoms with E-state index in [0.29, 0.717) is 5.56 Å². The van der Waals surface area contributed by atoms with Gasteiger partial charge in [-0.3, -0.25) is 4.79 Å². The van der Waals surface area contributed by atoms with E-state index in [0.717, 1.165) is 12.1 Å². The minimum Gasteiger partial charge on any atom is -0.508 e. The van der Waals surface area contributed by atoms with Crippen LogP contribution in [0.2, 0.25) is 0 Å². The average molecular weight is 563 g/mol. The zero-order valence-electron chi connectivity index (χ0n) is 21.4. The molecule has 2 aliphatic heterocycles. The number of aromatic hydroxyl groups is 3. The van der Waals surface area contributed by atoms with E-state index in [1.165, 1.54) is 38.1 Å². The van der Waals surface area contributed by atoms with Gasteiger partial charge in [-0.1, -0.05) is 0 Å². The molecule has 0 bridgehead atoms. The van der Waals surface area contributed by atoms with E-state index in [-0.39, 0.29) is 28.0 Å². The van der Waals surface area contributed by atoms with Crippen molar-refractivity contribution >= 4 is 11.0 Å². The van der Waals surface area contributed by atoms with Gasteiger partial charge in [-0.2, -0.15) is 0 Å². The Balaban J connectivity index is 1.57. The standard InChI is InChI=1S/C27H30O13/c1-9-20(32)23(35)26(40-27-24(36)22(34)19(31)10(2)38-27)25(37-9)18-14(30)8-16-17(21(18)33)13(29)7-15(39-16)11-3-5-12(28)6-4-11/h3-10,19-20,22-28,30-36H,1-2H3/t9-,10-,19-,20+,22+,23+,24+,25+,26+,27-/m0/s1. The predicted octanol–water partition coefficient (Wildman–Crippen LogP) is -0.0289. The molecule has 13 heteroatoms. The number of rotatable bonds is 4. The van der Waals surface area contributed by atoms with Gasteiger partial charge < -0.3 is 59.5 Å². The van der Waals surface area contributed by atoms with Crippen LogP contribution in [0.25, 0.3) is 22.3 Å². The maximum Gasteiger partial charge on any atom is 0.197 e. The molecule has 2 aromatic carbocycles. The molecule has 0 radical (unpaired) electrons. The molecule has 10 atom stereocenters. The minimum absolute atomic E-state index is 0.00361. The Hall–Kier alpha value is -3.27. The van der Waals surface area contributed by atoms with Crippen LogP contribution in [0, 0.1) is 0 Å². The number of aliphatic hydroxyl groups excluding tert-OH is 5. The van der Waals surface area contributed by atoms with Crippen LogP contribution in [0.3, 0.4) is 0 Å². The number of phenols is 3. The highest BCUT2D eigenvalue weighted by Gasteiger charge is 2.50. The van der Waals surface area contributed by atoms with Crippen molar-refractivity contribution in [2.75, 3.05) is 0 Å². The fourth-order valence-corrected chi connectivity index (χ4v) is 5.06. The van der Waals surface area contributed by atoms with Crippen molar-refractivity contribution in [2.45, 2.75) is 75.1 Å². The molecule has 2 fully saturated rings. The second-order valence-corrected chi connectivity index (χ2v) is 10.1. The molecule has 0 aliphatic carbocycles. The van der Waals surface area contributed by atoms with Crippen molar-refractivity contribution in [3.8, 4) is 28.6 Å². The highest BCUT2D eigenvalue weighted by molar-refractivity contribution is 5.88. The summed E-state index contributed by atoms with van der Waals surface area (Å²) in [5, 5.41) is 83.4. The Labute approximate surface area is 226 Å². The summed E-state index contributed by atoms with van der Waals surface area (Å²) < 4.78 is 22.8. The van der Waals surface area contributed by atoms with Gasteiger partial charge in [0.1, 0.15) is 76.7 Å². The van der Waals surface area contributed by atoms with Crippen molar-refractivity contribution in [3.63, 3.8) is 0 Å². The molecule has 40 heavy (non-hydrogen) atoms. The molecular weight excluding hydrogens is 532 g/mol. The third-order valence-electron chi connectivity index (χ3n) is 7.37. The Morgan fingerprint density at radius 2 is 1.40 bits per heavy atom. The lowest BCUT2D eigenvalue weighted by atomic mass is 9.89. The van der Waals surface area contributed by atoms with Crippen LogP contribution >= 0.6 is 0 Å². The number of hydrogen-bond donors (Lipinski definition) is 8. The summed E-state index contributed by atoms with van der Waals surface area (Å²) in [4.78, 5) is 13.1. The zero-order chi connectivity index (χ0) is 29.0. The Morgan fingerprint density at radius 1 is 0.775 bits per heavy atom. The van der Waals surface area contributed by atoms with Crippen molar-refractivity contribution in [2.24, 2.45) is 0 Å². The van der Waals surface area contributed by atoms with Crippen LogP contribution in [0.15, 0.2) is 45.6 Å². The second kappa shape index (κ2) is 10.6. The molecule has 3 heterocycles. The van der Waals surface area contributed by atoms with Gasteiger partial charge in [0.15, 0.2) is 11.7 Å². The van der Waals surface area contributed by atoms with E-state index < -0.39 is 78.2 Å². The van der Waals surface area contributed by atoms with Gasteiger partial charge in [-0.25, -0.2) is 0 Å². The van der Waals surface area contributed by atoms with E-state index >= 15 is 0 Å². The van der Waals surface area contributed by atoms with Gasteiger partial charge in [0.2, 0.25) is 0 Å². The molecule has 3 aromatic rings. The zero-order valence-corrected chi connectivity index (χ0v) is 21.4. The fourth-order valence-electron chi connectivity index (χ4n) is 5.06. The number of ether oxygens (including phenoxy) is 3. The summed E-state index contributed by atoms with van der Waals surface area (Å²) in [6.07, 6.45) is -14.8. The van der Waals surface area contributed by atoms with Gasteiger partial charge in [-0.15, -0.1) is 0 Å². The van der Waals surface area contributed by atoms with Crippen LogP contribution in [0.4, 0.5) is 0 Å². The molecule has 13 nitrogen and oxygen atoms in total. The summed E-state index contributed by atoms with van der Waals surface area (Å²) in [5.74, 6) is -1.22. The number of phenolic OH excluding ortho intramolecular Hbond substituents is 3. The molecule has 1 aromatic heterocycles. The maximum atomic E-state index is 13.1. The van der Waals surface area contributed by atoms with E-state index in [1.54, 1.807) is 0 Å². The number of benzene rings is 2. The van der Waals surface area contributed by atoms with Crippen molar-refractivity contribution < 1.29 is 59.5 Å². The summed E-state index contributed by atoms with van der Waals surface area (Å²) >= 11 is 0. The molecule has 0 saturated carbocycles. The van der Waals surface area contributed by atoms with Crippen molar-refractivity contribution in [1.82, 2.24) is 0 Å². The molecule has 8 N–H and O–H groups in total. The highest BCUT2D eigenvalue weighted by Crippen LogP contribution is 2.46. The van der Waals surface area contributed by atoms with Gasteiger partial charge in [-0.05, 0) is 38.1 Å². The average Bonchev–Trinajstić information content (AvgIpc) is 2.91. The van der Waals surface area contributed by atoms with Crippen molar-refractivity contribution in [3.05, 3.63) is 52.2 Å². The molecular formula is C27H30O13. The minimum atomic E-state index is -1.76. The van der Waals surface area contributed by atoms with Crippen LogP contribution in [0.5, 0.6) is 17.2 Å². The monoisotopic (exact) mass is 562 g/mol. The summed E-state index contributed by atoms with van der Waals surface area (Å²) in [6.45, 7) is 2.85. The normalized spacial score (nSPS) is 34.7. The lowest BCUT2D eigenvalue weighted by Gasteiger charge is -2.46. The molecule has 2 saturated heterocycles. The predicted molar refractivity (Wildman–Crippen MR) is 135 cm³/mol. The quantitative estimate of drug-likeness (QED) is 0.210. The van der Waals surface area contributed by atoms with Gasteiger partial charge >= 0.3 is 0 Å². The maximum absolute atomic E-state index is 13.1.